The molecule has 0 aliphatic heterocycles. The van der Waals surface area contributed by atoms with E-state index in [4.69, 9.17) is 17.3 Å². The summed E-state index contributed by atoms with van der Waals surface area (Å²) >= 11 is 8.08. The Labute approximate surface area is 123 Å². The van der Waals surface area contributed by atoms with Crippen molar-refractivity contribution >= 4 is 22.9 Å². The Hall–Kier alpha value is -0.870. The topological polar surface area (TPSA) is 29.3 Å². The van der Waals surface area contributed by atoms with Crippen molar-refractivity contribution in [1.29, 1.82) is 0 Å². The van der Waals surface area contributed by atoms with Crippen LogP contribution < -0.4 is 5.73 Å². The van der Waals surface area contributed by atoms with Crippen LogP contribution in [0.3, 0.4) is 0 Å². The number of nitrogens with zero attached hydrogens (tertiary/aromatic N) is 1. The minimum absolute atomic E-state index is 0.0681. The lowest BCUT2D eigenvalue weighted by molar-refractivity contribution is 0.403. The molecule has 1 aromatic heterocycles. The van der Waals surface area contributed by atoms with Crippen molar-refractivity contribution in [3.63, 3.8) is 0 Å². The summed E-state index contributed by atoms with van der Waals surface area (Å²) in [5, 5.41) is 2.94. The van der Waals surface area contributed by atoms with E-state index < -0.39 is 0 Å². The molecule has 0 saturated carbocycles. The van der Waals surface area contributed by atoms with Crippen LogP contribution in [-0.4, -0.2) is 19.0 Å². The number of thiophene rings is 1. The first-order valence-corrected chi connectivity index (χ1v) is 7.51. The molecule has 19 heavy (non-hydrogen) atoms. The molecule has 4 heteroatoms. The fourth-order valence-corrected chi connectivity index (χ4v) is 3.25. The van der Waals surface area contributed by atoms with E-state index in [0.717, 1.165) is 17.1 Å². The maximum absolute atomic E-state index is 6.39. The summed E-state index contributed by atoms with van der Waals surface area (Å²) < 4.78 is 0. The molecule has 0 aliphatic carbocycles. The minimum Gasteiger partial charge on any atom is -0.324 e. The molecule has 0 fully saturated rings. The fraction of sp³-hybridized carbons (Fsp3) is 0.333. The molecule has 0 unspecified atom stereocenters. The Morgan fingerprint density at radius 2 is 2.11 bits per heavy atom. The van der Waals surface area contributed by atoms with Gasteiger partial charge in [-0.05, 0) is 49.7 Å². The van der Waals surface area contributed by atoms with Gasteiger partial charge < -0.3 is 10.6 Å². The van der Waals surface area contributed by atoms with Gasteiger partial charge in [0.05, 0.1) is 0 Å². The van der Waals surface area contributed by atoms with Gasteiger partial charge in [-0.25, -0.2) is 0 Å². The van der Waals surface area contributed by atoms with E-state index in [1.807, 2.05) is 19.1 Å². The molecule has 1 heterocycles. The first-order chi connectivity index (χ1) is 8.99. The first kappa shape index (κ1) is 14.5. The first-order valence-electron chi connectivity index (χ1n) is 6.25. The van der Waals surface area contributed by atoms with Crippen molar-refractivity contribution in [2.75, 3.05) is 14.1 Å². The predicted molar refractivity (Wildman–Crippen MR) is 84.8 cm³/mol. The van der Waals surface area contributed by atoms with Gasteiger partial charge in [-0.15, -0.1) is 11.3 Å². The Morgan fingerprint density at radius 3 is 2.68 bits per heavy atom. The van der Waals surface area contributed by atoms with Crippen LogP contribution in [0, 0.1) is 0 Å². The Morgan fingerprint density at radius 1 is 1.37 bits per heavy atom. The maximum atomic E-state index is 6.39. The van der Waals surface area contributed by atoms with Gasteiger partial charge in [0.15, 0.2) is 0 Å². The van der Waals surface area contributed by atoms with Crippen molar-refractivity contribution in [1.82, 2.24) is 4.90 Å². The Bertz CT molecular complexity index is 561. The second kappa shape index (κ2) is 6.06. The van der Waals surface area contributed by atoms with Crippen LogP contribution >= 0.6 is 22.9 Å². The molecule has 0 amide bonds. The molecule has 0 spiro atoms. The highest BCUT2D eigenvalue weighted by Crippen LogP contribution is 2.35. The molecule has 2 N–H and O–H groups in total. The fourth-order valence-electron chi connectivity index (χ4n) is 2.09. The zero-order valence-electron chi connectivity index (χ0n) is 11.5. The van der Waals surface area contributed by atoms with Crippen LogP contribution in [0.25, 0.3) is 11.1 Å². The summed E-state index contributed by atoms with van der Waals surface area (Å²) in [7, 11) is 4.12. The largest absolute Gasteiger partial charge is 0.324 e. The average Bonchev–Trinajstić information content (AvgIpc) is 2.77. The predicted octanol–water partition coefficient (Wildman–Crippen LogP) is 4.15. The molecule has 0 radical (unpaired) electrons. The monoisotopic (exact) mass is 294 g/mol. The van der Waals surface area contributed by atoms with Crippen LogP contribution in [0.1, 0.15) is 23.4 Å². The molecule has 2 nitrogen and oxygen atoms in total. The third kappa shape index (κ3) is 3.37. The van der Waals surface area contributed by atoms with Gasteiger partial charge in [-0.3, -0.25) is 0 Å². The maximum Gasteiger partial charge on any atom is 0.0487 e. The number of hydrogen-bond acceptors (Lipinski definition) is 3. The van der Waals surface area contributed by atoms with Crippen molar-refractivity contribution < 1.29 is 0 Å². The molecule has 0 saturated heterocycles. The standard InChI is InChI=1S/C15H19ClN2S/c1-10(17)14-7-12(9-19-14)15-11(8-18(2)3)5-4-6-13(15)16/h4-7,9-10H,8,17H2,1-3H3/t10-/m1/s1. The third-order valence-electron chi connectivity index (χ3n) is 2.94. The lowest BCUT2D eigenvalue weighted by Crippen LogP contribution is -2.11. The summed E-state index contributed by atoms with van der Waals surface area (Å²) in [5.74, 6) is 0. The summed E-state index contributed by atoms with van der Waals surface area (Å²) in [6.45, 7) is 2.88. The second-order valence-electron chi connectivity index (χ2n) is 5.04. The molecule has 102 valence electrons. The second-order valence-corrected chi connectivity index (χ2v) is 6.39. The van der Waals surface area contributed by atoms with Crippen LogP contribution in [0.15, 0.2) is 29.6 Å². The smallest absolute Gasteiger partial charge is 0.0487 e. The van der Waals surface area contributed by atoms with Gasteiger partial charge in [-0.1, -0.05) is 23.7 Å². The highest BCUT2D eigenvalue weighted by atomic mass is 35.5. The quantitative estimate of drug-likeness (QED) is 0.918. The van der Waals surface area contributed by atoms with E-state index in [-0.39, 0.29) is 6.04 Å². The highest BCUT2D eigenvalue weighted by Gasteiger charge is 2.13. The van der Waals surface area contributed by atoms with Crippen LogP contribution in [-0.2, 0) is 6.54 Å². The Balaban J connectivity index is 2.47. The van der Waals surface area contributed by atoms with E-state index >= 15 is 0 Å². The molecule has 1 aromatic carbocycles. The van der Waals surface area contributed by atoms with Crippen LogP contribution in [0.2, 0.25) is 5.02 Å². The molecule has 0 aliphatic rings. The number of hydrogen-bond donors (Lipinski definition) is 1. The van der Waals surface area contributed by atoms with Crippen molar-refractivity contribution in [2.24, 2.45) is 5.73 Å². The number of benzene rings is 1. The molecular weight excluding hydrogens is 276 g/mol. The van der Waals surface area contributed by atoms with Gasteiger partial charge in [0.25, 0.3) is 0 Å². The zero-order chi connectivity index (χ0) is 14.0. The molecular formula is C15H19ClN2S. The molecule has 2 rings (SSSR count). The van der Waals surface area contributed by atoms with Crippen LogP contribution in [0.5, 0.6) is 0 Å². The lowest BCUT2D eigenvalue weighted by atomic mass is 10.0. The van der Waals surface area contributed by atoms with E-state index in [1.54, 1.807) is 11.3 Å². The van der Waals surface area contributed by atoms with Gasteiger partial charge in [0.2, 0.25) is 0 Å². The third-order valence-corrected chi connectivity index (χ3v) is 4.39. The van der Waals surface area contributed by atoms with Gasteiger partial charge in [0.1, 0.15) is 0 Å². The summed E-state index contributed by atoms with van der Waals surface area (Å²) in [4.78, 5) is 3.33. The van der Waals surface area contributed by atoms with E-state index in [1.165, 1.54) is 16.0 Å². The van der Waals surface area contributed by atoms with Gasteiger partial charge in [0, 0.05) is 28.0 Å². The van der Waals surface area contributed by atoms with Gasteiger partial charge >= 0.3 is 0 Å². The van der Waals surface area contributed by atoms with E-state index in [0.29, 0.717) is 0 Å². The summed E-state index contributed by atoms with van der Waals surface area (Å²) in [6, 6.07) is 8.29. The van der Waals surface area contributed by atoms with Gasteiger partial charge in [-0.2, -0.15) is 0 Å². The number of rotatable bonds is 4. The molecule has 0 bridgehead atoms. The summed E-state index contributed by atoms with van der Waals surface area (Å²) in [6.07, 6.45) is 0. The lowest BCUT2D eigenvalue weighted by Gasteiger charge is -2.14. The molecule has 1 atom stereocenters. The van der Waals surface area contributed by atoms with Crippen molar-refractivity contribution in [3.8, 4) is 11.1 Å². The summed E-state index contributed by atoms with van der Waals surface area (Å²) in [5.41, 5.74) is 9.47. The van der Waals surface area contributed by atoms with E-state index in [9.17, 15) is 0 Å². The zero-order valence-corrected chi connectivity index (χ0v) is 13.1. The SMILES string of the molecule is C[C@@H](N)c1cc(-c2c(Cl)cccc2CN(C)C)cs1. The van der Waals surface area contributed by atoms with Crippen LogP contribution in [0.4, 0.5) is 0 Å². The average molecular weight is 295 g/mol. The van der Waals surface area contributed by atoms with E-state index in [2.05, 4.69) is 36.5 Å². The van der Waals surface area contributed by atoms with Crippen molar-refractivity contribution in [3.05, 3.63) is 45.1 Å². The van der Waals surface area contributed by atoms with Crippen molar-refractivity contribution in [2.45, 2.75) is 19.5 Å². The Kier molecular flexibility index (Phi) is 4.63. The number of halogens is 1. The normalized spacial score (nSPS) is 12.9. The number of nitrogens with two attached hydrogens (primary N) is 1. The molecule has 2 aromatic rings. The minimum atomic E-state index is 0.0681. The highest BCUT2D eigenvalue weighted by molar-refractivity contribution is 7.10.